The highest BCUT2D eigenvalue weighted by molar-refractivity contribution is 7.90. The fourth-order valence-corrected chi connectivity index (χ4v) is 5.91. The Labute approximate surface area is 216 Å². The van der Waals surface area contributed by atoms with Gasteiger partial charge in [-0.1, -0.05) is 18.2 Å². The van der Waals surface area contributed by atoms with Crippen molar-refractivity contribution in [1.82, 2.24) is 13.8 Å². The van der Waals surface area contributed by atoms with Gasteiger partial charge in [0.25, 0.3) is 10.0 Å². The number of rotatable bonds is 6. The highest BCUT2D eigenvalue weighted by Gasteiger charge is 2.30. The summed E-state index contributed by atoms with van der Waals surface area (Å²) in [4.78, 5) is 28.3. The number of fused-ring (bicyclic) bond motifs is 1. The van der Waals surface area contributed by atoms with Gasteiger partial charge in [0.05, 0.1) is 17.5 Å². The van der Waals surface area contributed by atoms with Crippen molar-refractivity contribution in [3.05, 3.63) is 59.8 Å². The minimum absolute atomic E-state index is 0.00867. The Balaban J connectivity index is 1.69. The van der Waals surface area contributed by atoms with Crippen LogP contribution in [0.2, 0.25) is 0 Å². The van der Waals surface area contributed by atoms with Gasteiger partial charge in [-0.3, -0.25) is 4.90 Å². The number of ether oxygens (including phenoxy) is 2. The summed E-state index contributed by atoms with van der Waals surface area (Å²) in [6, 6.07) is 12.3. The standard InChI is InChI=1S/C26H31N3O7S/c1-26(2,3)36-25(32)28-14-12-27(13-15-28)17-20-19-16-22(24(30)31)29(21(19)10-11-23(20)35-4)37(33,34)18-8-6-5-7-9-18/h5-11,16H,12-15,17H2,1-4H3,(H,30,31). The number of hydrogen-bond acceptors (Lipinski definition) is 7. The number of hydrogen-bond donors (Lipinski definition) is 1. The van der Waals surface area contributed by atoms with E-state index < -0.39 is 21.6 Å². The minimum Gasteiger partial charge on any atom is -0.496 e. The maximum absolute atomic E-state index is 13.5. The summed E-state index contributed by atoms with van der Waals surface area (Å²) < 4.78 is 38.9. The maximum Gasteiger partial charge on any atom is 0.410 e. The van der Waals surface area contributed by atoms with Crippen LogP contribution in [0.4, 0.5) is 4.79 Å². The summed E-state index contributed by atoms with van der Waals surface area (Å²) in [5, 5.41) is 10.4. The number of carboxylic acids is 1. The molecule has 198 valence electrons. The third-order valence-corrected chi connectivity index (χ3v) is 7.88. The Morgan fingerprint density at radius 1 is 1.00 bits per heavy atom. The molecule has 1 aromatic heterocycles. The number of piperazine rings is 1. The topological polar surface area (TPSA) is 118 Å². The van der Waals surface area contributed by atoms with Crippen molar-refractivity contribution in [1.29, 1.82) is 0 Å². The van der Waals surface area contributed by atoms with Crippen LogP contribution >= 0.6 is 0 Å². The first-order valence-corrected chi connectivity index (χ1v) is 13.3. The predicted molar refractivity (Wildman–Crippen MR) is 138 cm³/mol. The molecule has 10 nitrogen and oxygen atoms in total. The van der Waals surface area contributed by atoms with Crippen molar-refractivity contribution in [3.8, 4) is 5.75 Å². The van der Waals surface area contributed by atoms with Crippen LogP contribution in [0, 0.1) is 0 Å². The molecule has 11 heteroatoms. The first kappa shape index (κ1) is 26.5. The summed E-state index contributed by atoms with van der Waals surface area (Å²) in [5.74, 6) is -0.833. The van der Waals surface area contributed by atoms with Gasteiger partial charge in [-0.25, -0.2) is 22.0 Å². The van der Waals surface area contributed by atoms with Gasteiger partial charge in [0.2, 0.25) is 0 Å². The SMILES string of the molecule is COc1ccc2c(cc(C(=O)O)n2S(=O)(=O)c2ccccc2)c1CN1CCN(C(=O)OC(C)(C)C)CC1. The zero-order valence-corrected chi connectivity index (χ0v) is 22.1. The zero-order valence-electron chi connectivity index (χ0n) is 21.3. The lowest BCUT2D eigenvalue weighted by molar-refractivity contribution is 0.0138. The lowest BCUT2D eigenvalue weighted by Crippen LogP contribution is -2.49. The molecule has 1 amide bonds. The molecule has 0 saturated carbocycles. The lowest BCUT2D eigenvalue weighted by atomic mass is 10.1. The fourth-order valence-electron chi connectivity index (χ4n) is 4.39. The van der Waals surface area contributed by atoms with E-state index in [0.29, 0.717) is 49.4 Å². The van der Waals surface area contributed by atoms with Gasteiger partial charge in [0, 0.05) is 43.7 Å². The van der Waals surface area contributed by atoms with E-state index in [2.05, 4.69) is 4.90 Å². The van der Waals surface area contributed by atoms with Crippen molar-refractivity contribution in [2.75, 3.05) is 33.3 Å². The lowest BCUT2D eigenvalue weighted by Gasteiger charge is -2.35. The van der Waals surface area contributed by atoms with Gasteiger partial charge in [0.15, 0.2) is 0 Å². The molecule has 1 aliphatic heterocycles. The Morgan fingerprint density at radius 3 is 2.22 bits per heavy atom. The van der Waals surface area contributed by atoms with Gasteiger partial charge in [-0.15, -0.1) is 0 Å². The quantitative estimate of drug-likeness (QED) is 0.514. The molecule has 1 N–H and O–H groups in total. The molecule has 3 aromatic rings. The average Bonchev–Trinajstić information content (AvgIpc) is 3.25. The molecule has 0 unspecified atom stereocenters. The van der Waals surface area contributed by atoms with Crippen LogP contribution in [0.15, 0.2) is 53.4 Å². The Bertz CT molecular complexity index is 1420. The fraction of sp³-hybridized carbons (Fsp3) is 0.385. The summed E-state index contributed by atoms with van der Waals surface area (Å²) in [5.41, 5.74) is -0.00505. The Morgan fingerprint density at radius 2 is 1.65 bits per heavy atom. The first-order chi connectivity index (χ1) is 17.4. The van der Waals surface area contributed by atoms with Gasteiger partial charge in [-0.2, -0.15) is 0 Å². The summed E-state index contributed by atoms with van der Waals surface area (Å²) >= 11 is 0. The molecule has 1 aliphatic rings. The van der Waals surface area contributed by atoms with Crippen LogP contribution in [-0.4, -0.2) is 78.2 Å². The van der Waals surface area contributed by atoms with Crippen molar-refractivity contribution in [2.45, 2.75) is 37.8 Å². The average molecular weight is 530 g/mol. The molecule has 1 fully saturated rings. The number of methoxy groups -OCH3 is 1. The number of aromatic carboxylic acids is 1. The molecule has 0 bridgehead atoms. The second kappa shape index (κ2) is 10.1. The first-order valence-electron chi connectivity index (χ1n) is 11.9. The monoisotopic (exact) mass is 529 g/mol. The van der Waals surface area contributed by atoms with E-state index in [-0.39, 0.29) is 22.2 Å². The number of amides is 1. The van der Waals surface area contributed by atoms with Gasteiger partial charge in [-0.05, 0) is 51.1 Å². The molecular formula is C26H31N3O7S. The normalized spacial score (nSPS) is 15.1. The van der Waals surface area contributed by atoms with Crippen LogP contribution < -0.4 is 4.74 Å². The van der Waals surface area contributed by atoms with Crippen LogP contribution in [0.3, 0.4) is 0 Å². The number of carboxylic acid groups (broad SMARTS) is 1. The van der Waals surface area contributed by atoms with E-state index in [1.165, 1.54) is 25.3 Å². The minimum atomic E-state index is -4.18. The van der Waals surface area contributed by atoms with Crippen molar-refractivity contribution in [3.63, 3.8) is 0 Å². The van der Waals surface area contributed by atoms with Crippen LogP contribution in [0.5, 0.6) is 5.75 Å². The largest absolute Gasteiger partial charge is 0.496 e. The van der Waals surface area contributed by atoms with E-state index in [1.54, 1.807) is 35.2 Å². The van der Waals surface area contributed by atoms with Crippen molar-refractivity contribution in [2.24, 2.45) is 0 Å². The van der Waals surface area contributed by atoms with E-state index in [1.807, 2.05) is 20.8 Å². The Hall–Kier alpha value is -3.57. The smallest absolute Gasteiger partial charge is 0.410 e. The Kier molecular flexibility index (Phi) is 7.20. The van der Waals surface area contributed by atoms with Gasteiger partial charge in [0.1, 0.15) is 17.0 Å². The zero-order chi connectivity index (χ0) is 27.0. The van der Waals surface area contributed by atoms with Crippen LogP contribution in [0.25, 0.3) is 10.9 Å². The van der Waals surface area contributed by atoms with E-state index in [9.17, 15) is 23.1 Å². The highest BCUT2D eigenvalue weighted by atomic mass is 32.2. The van der Waals surface area contributed by atoms with Gasteiger partial charge < -0.3 is 19.5 Å². The molecule has 0 radical (unpaired) electrons. The molecule has 2 heterocycles. The summed E-state index contributed by atoms with van der Waals surface area (Å²) in [6.07, 6.45) is -0.360. The molecule has 0 atom stereocenters. The number of carbonyl (C=O) groups is 2. The molecule has 37 heavy (non-hydrogen) atoms. The molecule has 0 spiro atoms. The number of nitrogens with zero attached hydrogens (tertiary/aromatic N) is 3. The molecular weight excluding hydrogens is 498 g/mol. The highest BCUT2D eigenvalue weighted by Crippen LogP contribution is 2.34. The van der Waals surface area contributed by atoms with E-state index >= 15 is 0 Å². The number of aromatic nitrogens is 1. The summed E-state index contributed by atoms with van der Waals surface area (Å²) in [6.45, 7) is 7.92. The second-order valence-electron chi connectivity index (χ2n) is 9.84. The molecule has 4 rings (SSSR count). The third-order valence-electron chi connectivity index (χ3n) is 6.14. The number of carbonyl (C=O) groups excluding carboxylic acids is 1. The predicted octanol–water partition coefficient (Wildman–Crippen LogP) is 3.64. The van der Waals surface area contributed by atoms with Crippen molar-refractivity contribution >= 4 is 33.0 Å². The molecule has 2 aromatic carbocycles. The maximum atomic E-state index is 13.5. The van der Waals surface area contributed by atoms with Crippen molar-refractivity contribution < 1.29 is 32.6 Å². The molecule has 1 saturated heterocycles. The summed E-state index contributed by atoms with van der Waals surface area (Å²) in [7, 11) is -2.66. The van der Waals surface area contributed by atoms with Gasteiger partial charge >= 0.3 is 12.1 Å². The second-order valence-corrected chi connectivity index (χ2v) is 11.6. The number of benzene rings is 2. The third kappa shape index (κ3) is 5.42. The van der Waals surface area contributed by atoms with Crippen LogP contribution in [0.1, 0.15) is 36.8 Å². The van der Waals surface area contributed by atoms with E-state index in [4.69, 9.17) is 9.47 Å². The molecule has 0 aliphatic carbocycles. The van der Waals surface area contributed by atoms with E-state index in [0.717, 1.165) is 3.97 Å². The van der Waals surface area contributed by atoms with Crippen LogP contribution in [-0.2, 0) is 21.3 Å².